The molecule has 0 spiro atoms. The minimum Gasteiger partial charge on any atom is -0.271 e. The Balaban J connectivity index is 2.35. The van der Waals surface area contributed by atoms with Gasteiger partial charge in [0.2, 0.25) is 0 Å². The normalized spacial score (nSPS) is 12.9. The summed E-state index contributed by atoms with van der Waals surface area (Å²) in [6.07, 6.45) is 1.71. The van der Waals surface area contributed by atoms with Crippen LogP contribution in [0.3, 0.4) is 0 Å². The summed E-state index contributed by atoms with van der Waals surface area (Å²) < 4.78 is 3.15. The van der Waals surface area contributed by atoms with Crippen LogP contribution in [0.4, 0.5) is 0 Å². The minimum atomic E-state index is 0.0548. The lowest BCUT2D eigenvalue weighted by molar-refractivity contribution is 0.519. The van der Waals surface area contributed by atoms with Crippen molar-refractivity contribution >= 4 is 27.3 Å². The minimum absolute atomic E-state index is 0.0548. The van der Waals surface area contributed by atoms with Crippen molar-refractivity contribution in [1.82, 2.24) is 20.2 Å². The molecule has 7 heteroatoms. The van der Waals surface area contributed by atoms with Gasteiger partial charge in [0.15, 0.2) is 0 Å². The molecule has 21 heavy (non-hydrogen) atoms. The third-order valence-corrected chi connectivity index (χ3v) is 5.65. The molecule has 1 atom stereocenters. The van der Waals surface area contributed by atoms with E-state index >= 15 is 0 Å². The van der Waals surface area contributed by atoms with Crippen LogP contribution in [0.2, 0.25) is 0 Å². The molecular formula is C14H22BrN5S. The zero-order valence-corrected chi connectivity index (χ0v) is 15.3. The van der Waals surface area contributed by atoms with Crippen molar-refractivity contribution in [3.8, 4) is 0 Å². The first-order chi connectivity index (χ1) is 10.0. The number of nitrogens with two attached hydrogens (primary N) is 1. The molecule has 116 valence electrons. The van der Waals surface area contributed by atoms with E-state index in [-0.39, 0.29) is 6.04 Å². The van der Waals surface area contributed by atoms with E-state index in [4.69, 9.17) is 5.84 Å². The Hall–Kier alpha value is -0.760. The molecule has 3 N–H and O–H groups in total. The topological polar surface area (TPSA) is 68.8 Å². The number of hydrogen-bond acceptors (Lipinski definition) is 5. The van der Waals surface area contributed by atoms with E-state index < -0.39 is 0 Å². The largest absolute Gasteiger partial charge is 0.271 e. The number of aryl methyl sites for hydroxylation is 4. The first-order valence-corrected chi connectivity index (χ1v) is 8.76. The Bertz CT molecular complexity index is 619. The molecule has 5 nitrogen and oxygen atoms in total. The van der Waals surface area contributed by atoms with Crippen LogP contribution in [0.15, 0.2) is 4.47 Å². The fourth-order valence-electron chi connectivity index (χ4n) is 2.50. The number of aromatic nitrogens is 3. The molecule has 2 aromatic rings. The number of hydrazine groups is 1. The van der Waals surface area contributed by atoms with Gasteiger partial charge >= 0.3 is 0 Å². The lowest BCUT2D eigenvalue weighted by Crippen LogP contribution is -2.30. The third kappa shape index (κ3) is 3.36. The number of nitrogens with zero attached hydrogens (tertiary/aromatic N) is 3. The second kappa shape index (κ2) is 7.00. The van der Waals surface area contributed by atoms with Gasteiger partial charge in [-0.2, -0.15) is 5.10 Å². The van der Waals surface area contributed by atoms with Crippen LogP contribution in [0.1, 0.15) is 46.9 Å². The number of thiazole rings is 1. The summed E-state index contributed by atoms with van der Waals surface area (Å²) >= 11 is 5.39. The van der Waals surface area contributed by atoms with Crippen LogP contribution >= 0.6 is 27.3 Å². The van der Waals surface area contributed by atoms with Gasteiger partial charge in [-0.25, -0.2) is 4.98 Å². The summed E-state index contributed by atoms with van der Waals surface area (Å²) in [5.74, 6) is 5.80. The van der Waals surface area contributed by atoms with Gasteiger partial charge in [0, 0.05) is 17.8 Å². The predicted octanol–water partition coefficient (Wildman–Crippen LogP) is 3.05. The first-order valence-electron chi connectivity index (χ1n) is 7.15. The zero-order valence-electron chi connectivity index (χ0n) is 12.9. The lowest BCUT2D eigenvalue weighted by atomic mass is 10.1. The lowest BCUT2D eigenvalue weighted by Gasteiger charge is -2.16. The molecule has 0 amide bonds. The Morgan fingerprint density at radius 2 is 2.10 bits per heavy atom. The molecular weight excluding hydrogens is 350 g/mol. The molecule has 0 aliphatic carbocycles. The maximum absolute atomic E-state index is 5.80. The molecule has 0 bridgehead atoms. The summed E-state index contributed by atoms with van der Waals surface area (Å²) in [6.45, 7) is 9.14. The van der Waals surface area contributed by atoms with Crippen molar-refractivity contribution < 1.29 is 0 Å². The molecule has 0 aromatic carbocycles. The second-order valence-electron chi connectivity index (χ2n) is 4.98. The van der Waals surface area contributed by atoms with E-state index in [1.165, 1.54) is 10.6 Å². The molecule has 0 saturated heterocycles. The van der Waals surface area contributed by atoms with Crippen molar-refractivity contribution in [1.29, 1.82) is 0 Å². The van der Waals surface area contributed by atoms with E-state index in [2.05, 4.69) is 50.0 Å². The van der Waals surface area contributed by atoms with Gasteiger partial charge in [-0.1, -0.05) is 6.92 Å². The van der Waals surface area contributed by atoms with Crippen molar-refractivity contribution in [2.24, 2.45) is 5.84 Å². The van der Waals surface area contributed by atoms with E-state index in [9.17, 15) is 0 Å². The Morgan fingerprint density at radius 3 is 2.57 bits per heavy atom. The zero-order chi connectivity index (χ0) is 15.6. The van der Waals surface area contributed by atoms with E-state index in [1.54, 1.807) is 11.3 Å². The molecule has 0 aliphatic rings. The average Bonchev–Trinajstić information content (AvgIpc) is 2.95. The van der Waals surface area contributed by atoms with Gasteiger partial charge in [0.05, 0.1) is 32.6 Å². The molecule has 0 saturated carbocycles. The molecule has 0 radical (unpaired) electrons. The molecule has 1 unspecified atom stereocenters. The smallest absolute Gasteiger partial charge is 0.0900 e. The number of nitrogens with one attached hydrogen (secondary N) is 1. The Morgan fingerprint density at radius 1 is 1.38 bits per heavy atom. The summed E-state index contributed by atoms with van der Waals surface area (Å²) in [7, 11) is 0. The summed E-state index contributed by atoms with van der Waals surface area (Å²) in [6, 6.07) is 0.0548. The maximum atomic E-state index is 5.80. The monoisotopic (exact) mass is 371 g/mol. The number of rotatable bonds is 6. The van der Waals surface area contributed by atoms with Gasteiger partial charge in [0.1, 0.15) is 0 Å². The van der Waals surface area contributed by atoms with Gasteiger partial charge in [-0.05, 0) is 43.1 Å². The molecule has 2 rings (SSSR count). The maximum Gasteiger partial charge on any atom is 0.0900 e. The average molecular weight is 372 g/mol. The van der Waals surface area contributed by atoms with Crippen LogP contribution in [-0.2, 0) is 19.4 Å². The van der Waals surface area contributed by atoms with E-state index in [1.807, 2.05) is 13.8 Å². The highest BCUT2D eigenvalue weighted by Gasteiger charge is 2.22. The summed E-state index contributed by atoms with van der Waals surface area (Å²) in [5.41, 5.74) is 6.27. The Labute approximate surface area is 138 Å². The standard InChI is InChI=1S/C14H22BrN5S/c1-5-10-13(15)12(20(6-2)19-10)7-11(18-16)14-8(3)17-9(4)21-14/h11,18H,5-7,16H2,1-4H3. The second-order valence-corrected chi connectivity index (χ2v) is 7.01. The predicted molar refractivity (Wildman–Crippen MR) is 90.3 cm³/mol. The van der Waals surface area contributed by atoms with Crippen LogP contribution in [0, 0.1) is 13.8 Å². The number of halogens is 1. The van der Waals surface area contributed by atoms with Crippen molar-refractivity contribution in [2.45, 2.75) is 53.1 Å². The summed E-state index contributed by atoms with van der Waals surface area (Å²) in [4.78, 5) is 5.69. The van der Waals surface area contributed by atoms with Crippen molar-refractivity contribution in [2.75, 3.05) is 0 Å². The first kappa shape index (κ1) is 16.6. The van der Waals surface area contributed by atoms with Crippen molar-refractivity contribution in [3.63, 3.8) is 0 Å². The van der Waals surface area contributed by atoms with Crippen LogP contribution in [0.25, 0.3) is 0 Å². The van der Waals surface area contributed by atoms with Crippen molar-refractivity contribution in [3.05, 3.63) is 31.4 Å². The van der Waals surface area contributed by atoms with Gasteiger partial charge < -0.3 is 0 Å². The summed E-state index contributed by atoms with van der Waals surface area (Å²) in [5, 5.41) is 5.71. The molecule has 0 fully saturated rings. The van der Waals surface area contributed by atoms with Gasteiger partial charge in [-0.3, -0.25) is 16.0 Å². The van der Waals surface area contributed by atoms with Gasteiger partial charge in [0.25, 0.3) is 0 Å². The SMILES string of the molecule is CCc1nn(CC)c(CC(NN)c2sc(C)nc2C)c1Br. The molecule has 2 heterocycles. The fraction of sp³-hybridized carbons (Fsp3) is 0.571. The van der Waals surface area contributed by atoms with Crippen LogP contribution < -0.4 is 11.3 Å². The highest BCUT2D eigenvalue weighted by atomic mass is 79.9. The van der Waals surface area contributed by atoms with E-state index in [0.717, 1.165) is 40.3 Å². The van der Waals surface area contributed by atoms with E-state index in [0.29, 0.717) is 0 Å². The van der Waals surface area contributed by atoms with Gasteiger partial charge in [-0.15, -0.1) is 11.3 Å². The molecule has 0 aliphatic heterocycles. The Kier molecular flexibility index (Phi) is 5.54. The quantitative estimate of drug-likeness (QED) is 0.604. The highest BCUT2D eigenvalue weighted by molar-refractivity contribution is 9.10. The van der Waals surface area contributed by atoms with Crippen LogP contribution in [-0.4, -0.2) is 14.8 Å². The third-order valence-electron chi connectivity index (χ3n) is 3.55. The fourth-order valence-corrected chi connectivity index (χ4v) is 4.22. The number of hydrogen-bond donors (Lipinski definition) is 2. The highest BCUT2D eigenvalue weighted by Crippen LogP contribution is 2.30. The van der Waals surface area contributed by atoms with Crippen LogP contribution in [0.5, 0.6) is 0 Å². The molecule has 2 aromatic heterocycles.